The maximum Gasteiger partial charge on any atom is 0.339 e. The number of hydrogen-bond donors (Lipinski definition) is 1. The van der Waals surface area contributed by atoms with Crippen molar-refractivity contribution in [1.29, 1.82) is 0 Å². The number of carbonyl (C=O) groups excluding carboxylic acids is 1. The van der Waals surface area contributed by atoms with E-state index in [-0.39, 0.29) is 21.7 Å². The van der Waals surface area contributed by atoms with Crippen LogP contribution in [0, 0.1) is 0 Å². The molecule has 3 aromatic rings. The molecule has 0 saturated heterocycles. The van der Waals surface area contributed by atoms with Crippen LogP contribution in [0.3, 0.4) is 0 Å². The van der Waals surface area contributed by atoms with E-state index in [0.717, 1.165) is 22.5 Å². The molecule has 0 saturated carbocycles. The molecule has 140 valence electrons. The third-order valence-electron chi connectivity index (χ3n) is 4.03. The summed E-state index contributed by atoms with van der Waals surface area (Å²) in [4.78, 5) is 15.8. The average Bonchev–Trinajstić information content (AvgIpc) is 2.99. The van der Waals surface area contributed by atoms with Crippen LogP contribution in [0.15, 0.2) is 81.5 Å². The van der Waals surface area contributed by atoms with Crippen molar-refractivity contribution in [2.75, 3.05) is 0 Å². The number of amides is 1. The molecule has 0 atom stereocenters. The number of nitrogens with two attached hydrogens (primary N) is 1. The van der Waals surface area contributed by atoms with Crippen LogP contribution < -0.4 is 9.92 Å². The van der Waals surface area contributed by atoms with E-state index < -0.39 is 10.1 Å². The summed E-state index contributed by atoms with van der Waals surface area (Å²) in [6, 6.07) is 18.7. The Bertz CT molecular complexity index is 1250. The fourth-order valence-electron chi connectivity index (χ4n) is 2.69. The van der Waals surface area contributed by atoms with Crippen molar-refractivity contribution < 1.29 is 17.4 Å². The van der Waals surface area contributed by atoms with E-state index in [1.165, 1.54) is 18.2 Å². The highest BCUT2D eigenvalue weighted by Gasteiger charge is 2.20. The Balaban J connectivity index is 1.54. The Labute approximate surface area is 165 Å². The van der Waals surface area contributed by atoms with E-state index in [1.807, 2.05) is 24.3 Å². The Morgan fingerprint density at radius 1 is 0.964 bits per heavy atom. The monoisotopic (exact) mass is 410 g/mol. The fraction of sp³-hybridized carbons (Fsp3) is 0. The summed E-state index contributed by atoms with van der Waals surface area (Å²) < 4.78 is 30.4. The number of hydrogen-bond acceptors (Lipinski definition) is 6. The van der Waals surface area contributed by atoms with Crippen LogP contribution in [-0.2, 0) is 14.9 Å². The zero-order valence-electron chi connectivity index (χ0n) is 14.4. The lowest BCUT2D eigenvalue weighted by Gasteiger charge is -2.08. The number of benzene rings is 3. The minimum absolute atomic E-state index is 0.0815. The second kappa shape index (κ2) is 7.14. The van der Waals surface area contributed by atoms with Crippen LogP contribution in [0.5, 0.6) is 5.75 Å². The van der Waals surface area contributed by atoms with Crippen molar-refractivity contribution in [2.24, 2.45) is 10.7 Å². The summed E-state index contributed by atoms with van der Waals surface area (Å²) in [7, 11) is -3.96. The van der Waals surface area contributed by atoms with Gasteiger partial charge in [-0.25, -0.2) is 0 Å². The summed E-state index contributed by atoms with van der Waals surface area (Å²) >= 11 is 1.09. The van der Waals surface area contributed by atoms with Gasteiger partial charge >= 0.3 is 10.1 Å². The lowest BCUT2D eigenvalue weighted by molar-refractivity contribution is -0.113. The number of carbonyl (C=O) groups is 1. The summed E-state index contributed by atoms with van der Waals surface area (Å²) in [6.07, 6.45) is 1.64. The standard InChI is InChI=1S/C20H14N2O4S2/c21-20-22-19(23)18(27-20)11-13-5-8-16(9-6-13)26-28(24,25)17-10-7-14-3-1-2-4-15(14)12-17/h1-12H,(H2,21,22,23)/b18-11-. The first-order chi connectivity index (χ1) is 13.4. The molecule has 8 heteroatoms. The average molecular weight is 410 g/mol. The molecule has 1 aliphatic heterocycles. The number of fused-ring (bicyclic) bond motifs is 1. The third-order valence-corrected chi connectivity index (χ3v) is 6.09. The van der Waals surface area contributed by atoms with Gasteiger partial charge in [0.1, 0.15) is 10.6 Å². The molecule has 0 aliphatic carbocycles. The van der Waals surface area contributed by atoms with Gasteiger partial charge < -0.3 is 9.92 Å². The van der Waals surface area contributed by atoms with Gasteiger partial charge in [0.15, 0.2) is 5.17 Å². The van der Waals surface area contributed by atoms with E-state index in [0.29, 0.717) is 10.5 Å². The number of thioether (sulfide) groups is 1. The maximum absolute atomic E-state index is 12.6. The van der Waals surface area contributed by atoms with E-state index in [2.05, 4.69) is 4.99 Å². The second-order valence-electron chi connectivity index (χ2n) is 5.98. The Hall–Kier alpha value is -3.10. The smallest absolute Gasteiger partial charge is 0.339 e. The Kier molecular flexibility index (Phi) is 4.66. The van der Waals surface area contributed by atoms with Crippen molar-refractivity contribution in [3.8, 4) is 5.75 Å². The van der Waals surface area contributed by atoms with Gasteiger partial charge in [-0.15, -0.1) is 0 Å². The predicted octanol–water partition coefficient (Wildman–Crippen LogP) is 3.54. The zero-order chi connectivity index (χ0) is 19.7. The quantitative estimate of drug-likeness (QED) is 0.522. The van der Waals surface area contributed by atoms with Gasteiger partial charge in [-0.3, -0.25) is 4.79 Å². The Morgan fingerprint density at radius 2 is 1.68 bits per heavy atom. The Morgan fingerprint density at radius 3 is 2.36 bits per heavy atom. The van der Waals surface area contributed by atoms with Gasteiger partial charge in [0.05, 0.1) is 4.91 Å². The topological polar surface area (TPSA) is 98.8 Å². The summed E-state index contributed by atoms with van der Waals surface area (Å²) in [5, 5.41) is 1.97. The molecule has 0 aromatic heterocycles. The van der Waals surface area contributed by atoms with Crippen LogP contribution in [0.25, 0.3) is 16.8 Å². The lowest BCUT2D eigenvalue weighted by atomic mass is 10.1. The molecule has 1 amide bonds. The first-order valence-electron chi connectivity index (χ1n) is 8.22. The molecule has 0 spiro atoms. The highest BCUT2D eigenvalue weighted by Crippen LogP contribution is 2.27. The molecule has 0 bridgehead atoms. The predicted molar refractivity (Wildman–Crippen MR) is 110 cm³/mol. The number of amidine groups is 1. The third kappa shape index (κ3) is 3.78. The van der Waals surface area contributed by atoms with Crippen LogP contribution in [0.4, 0.5) is 0 Å². The zero-order valence-corrected chi connectivity index (χ0v) is 16.0. The van der Waals surface area contributed by atoms with E-state index in [9.17, 15) is 13.2 Å². The SMILES string of the molecule is NC1=NC(=O)/C(=C/c2ccc(OS(=O)(=O)c3ccc4ccccc4c3)cc2)S1. The lowest BCUT2D eigenvalue weighted by Crippen LogP contribution is -2.09. The van der Waals surface area contributed by atoms with E-state index in [4.69, 9.17) is 9.92 Å². The van der Waals surface area contributed by atoms with Crippen LogP contribution in [0.1, 0.15) is 5.56 Å². The molecule has 6 nitrogen and oxygen atoms in total. The van der Waals surface area contributed by atoms with E-state index in [1.54, 1.807) is 30.3 Å². The maximum atomic E-state index is 12.6. The van der Waals surface area contributed by atoms with Crippen molar-refractivity contribution in [2.45, 2.75) is 4.90 Å². The molecule has 4 rings (SSSR count). The molecule has 0 fully saturated rings. The minimum atomic E-state index is -3.96. The molecule has 2 N–H and O–H groups in total. The largest absolute Gasteiger partial charge is 0.379 e. The summed E-state index contributed by atoms with van der Waals surface area (Å²) in [5.74, 6) is -0.210. The molecule has 1 heterocycles. The molecule has 1 aliphatic rings. The van der Waals surface area contributed by atoms with Gasteiger partial charge in [0.25, 0.3) is 5.91 Å². The van der Waals surface area contributed by atoms with Crippen LogP contribution >= 0.6 is 11.8 Å². The molecule has 0 unspecified atom stereocenters. The highest BCUT2D eigenvalue weighted by atomic mass is 32.2. The van der Waals surface area contributed by atoms with Gasteiger partial charge in [0.2, 0.25) is 0 Å². The van der Waals surface area contributed by atoms with Crippen molar-refractivity contribution in [1.82, 2.24) is 0 Å². The van der Waals surface area contributed by atoms with Crippen LogP contribution in [-0.4, -0.2) is 19.5 Å². The summed E-state index contributed by atoms with van der Waals surface area (Å²) in [6.45, 7) is 0. The van der Waals surface area contributed by atoms with Gasteiger partial charge in [-0.2, -0.15) is 13.4 Å². The normalized spacial score (nSPS) is 15.8. The van der Waals surface area contributed by atoms with Gasteiger partial charge in [0, 0.05) is 0 Å². The van der Waals surface area contributed by atoms with Crippen molar-refractivity contribution in [3.05, 3.63) is 77.2 Å². The minimum Gasteiger partial charge on any atom is -0.379 e. The second-order valence-corrected chi connectivity index (χ2v) is 8.59. The fourth-order valence-corrected chi connectivity index (χ4v) is 4.34. The summed E-state index contributed by atoms with van der Waals surface area (Å²) in [5.41, 5.74) is 6.22. The molecular weight excluding hydrogens is 396 g/mol. The number of aliphatic imine (C=N–C) groups is 1. The van der Waals surface area contributed by atoms with Gasteiger partial charge in [-0.05, 0) is 58.4 Å². The van der Waals surface area contributed by atoms with Gasteiger partial charge in [-0.1, -0.05) is 42.5 Å². The highest BCUT2D eigenvalue weighted by molar-refractivity contribution is 8.18. The molecule has 28 heavy (non-hydrogen) atoms. The first kappa shape index (κ1) is 18.3. The number of nitrogens with zero attached hydrogens (tertiary/aromatic N) is 1. The molecule has 0 radical (unpaired) electrons. The molecular formula is C20H14N2O4S2. The number of rotatable bonds is 4. The molecule has 3 aromatic carbocycles. The van der Waals surface area contributed by atoms with Crippen molar-refractivity contribution >= 4 is 49.8 Å². The first-order valence-corrected chi connectivity index (χ1v) is 10.4. The van der Waals surface area contributed by atoms with E-state index >= 15 is 0 Å². The van der Waals surface area contributed by atoms with Crippen molar-refractivity contribution in [3.63, 3.8) is 0 Å². The van der Waals surface area contributed by atoms with Crippen LogP contribution in [0.2, 0.25) is 0 Å².